The van der Waals surface area contributed by atoms with Gasteiger partial charge in [0.25, 0.3) is 11.7 Å². The zero-order valence-corrected chi connectivity index (χ0v) is 13.1. The van der Waals surface area contributed by atoms with E-state index in [9.17, 15) is 4.79 Å². The van der Waals surface area contributed by atoms with Gasteiger partial charge >= 0.3 is 0 Å². The SMILES string of the molecule is Cn1cncc1CN1CCC[C@H]1c1nc(C(=O)NC2CC2)no1. The number of imidazole rings is 1. The van der Waals surface area contributed by atoms with Crippen molar-refractivity contribution in [3.05, 3.63) is 29.9 Å². The zero-order chi connectivity index (χ0) is 15.8. The Morgan fingerprint density at radius 2 is 2.30 bits per heavy atom. The number of rotatable bonds is 5. The van der Waals surface area contributed by atoms with Crippen LogP contribution in [0.4, 0.5) is 0 Å². The Morgan fingerprint density at radius 3 is 3.04 bits per heavy atom. The number of amides is 1. The van der Waals surface area contributed by atoms with Gasteiger partial charge in [-0.25, -0.2) is 4.98 Å². The molecule has 1 saturated carbocycles. The first-order valence-corrected chi connectivity index (χ1v) is 8.04. The van der Waals surface area contributed by atoms with Crippen LogP contribution in [0.1, 0.15) is 53.9 Å². The fraction of sp³-hybridized carbons (Fsp3) is 0.600. The van der Waals surface area contributed by atoms with E-state index in [4.69, 9.17) is 4.52 Å². The average Bonchev–Trinajstić information content (AvgIpc) is 2.96. The molecule has 122 valence electrons. The second-order valence-corrected chi connectivity index (χ2v) is 6.33. The second kappa shape index (κ2) is 5.77. The quantitative estimate of drug-likeness (QED) is 0.886. The van der Waals surface area contributed by atoms with E-state index in [1.165, 1.54) is 0 Å². The number of hydrogen-bond donors (Lipinski definition) is 1. The van der Waals surface area contributed by atoms with Crippen LogP contribution in [0, 0.1) is 0 Å². The molecule has 2 fully saturated rings. The molecule has 8 nitrogen and oxygen atoms in total. The van der Waals surface area contributed by atoms with Gasteiger partial charge in [0.15, 0.2) is 0 Å². The molecule has 1 aliphatic heterocycles. The third-order valence-electron chi connectivity index (χ3n) is 4.49. The maximum Gasteiger partial charge on any atom is 0.292 e. The molecule has 1 N–H and O–H groups in total. The van der Waals surface area contributed by atoms with Gasteiger partial charge in [-0.2, -0.15) is 4.98 Å². The number of nitrogens with zero attached hydrogens (tertiary/aromatic N) is 5. The summed E-state index contributed by atoms with van der Waals surface area (Å²) in [4.78, 5) is 22.8. The van der Waals surface area contributed by atoms with Crippen molar-refractivity contribution in [3.8, 4) is 0 Å². The predicted molar refractivity (Wildman–Crippen MR) is 80.4 cm³/mol. The van der Waals surface area contributed by atoms with Crippen molar-refractivity contribution < 1.29 is 9.32 Å². The Bertz CT molecular complexity index is 704. The van der Waals surface area contributed by atoms with E-state index in [1.807, 2.05) is 17.8 Å². The summed E-state index contributed by atoms with van der Waals surface area (Å²) in [5.74, 6) is 0.434. The van der Waals surface area contributed by atoms with Gasteiger partial charge < -0.3 is 14.4 Å². The summed E-state index contributed by atoms with van der Waals surface area (Å²) in [5, 5.41) is 6.73. The number of aromatic nitrogens is 4. The molecule has 4 rings (SSSR count). The molecule has 1 saturated heterocycles. The zero-order valence-electron chi connectivity index (χ0n) is 13.1. The van der Waals surface area contributed by atoms with Crippen molar-refractivity contribution in [3.63, 3.8) is 0 Å². The van der Waals surface area contributed by atoms with Crippen molar-refractivity contribution in [2.24, 2.45) is 7.05 Å². The van der Waals surface area contributed by atoms with E-state index < -0.39 is 0 Å². The summed E-state index contributed by atoms with van der Waals surface area (Å²) >= 11 is 0. The number of likely N-dealkylation sites (tertiary alicyclic amines) is 1. The number of hydrogen-bond acceptors (Lipinski definition) is 6. The molecule has 8 heteroatoms. The van der Waals surface area contributed by atoms with Crippen LogP contribution in [0.25, 0.3) is 0 Å². The highest BCUT2D eigenvalue weighted by Gasteiger charge is 2.32. The van der Waals surface area contributed by atoms with Gasteiger partial charge in [0.1, 0.15) is 0 Å². The molecule has 0 radical (unpaired) electrons. The molecule has 0 spiro atoms. The largest absolute Gasteiger partial charge is 0.346 e. The lowest BCUT2D eigenvalue weighted by Crippen LogP contribution is -2.27. The van der Waals surface area contributed by atoms with E-state index in [2.05, 4.69) is 25.3 Å². The maximum absolute atomic E-state index is 12.0. The van der Waals surface area contributed by atoms with E-state index in [-0.39, 0.29) is 23.8 Å². The maximum atomic E-state index is 12.0. The Kier molecular flexibility index (Phi) is 3.60. The molecule has 0 bridgehead atoms. The van der Waals surface area contributed by atoms with Crippen LogP contribution in [0.3, 0.4) is 0 Å². The monoisotopic (exact) mass is 316 g/mol. The smallest absolute Gasteiger partial charge is 0.292 e. The van der Waals surface area contributed by atoms with Gasteiger partial charge in [-0.1, -0.05) is 5.16 Å². The molecule has 2 aromatic heterocycles. The van der Waals surface area contributed by atoms with Crippen LogP contribution in [-0.2, 0) is 13.6 Å². The summed E-state index contributed by atoms with van der Waals surface area (Å²) < 4.78 is 7.38. The lowest BCUT2D eigenvalue weighted by Gasteiger charge is -2.21. The highest BCUT2D eigenvalue weighted by Crippen LogP contribution is 2.32. The molecule has 3 heterocycles. The Hall–Kier alpha value is -2.22. The first-order valence-electron chi connectivity index (χ1n) is 8.04. The molecule has 2 aromatic rings. The molecule has 0 aromatic carbocycles. The molecular weight excluding hydrogens is 296 g/mol. The fourth-order valence-electron chi connectivity index (χ4n) is 2.98. The summed E-state index contributed by atoms with van der Waals surface area (Å²) in [6.07, 6.45) is 7.79. The minimum Gasteiger partial charge on any atom is -0.346 e. The molecule has 1 amide bonds. The van der Waals surface area contributed by atoms with Gasteiger partial charge in [0.2, 0.25) is 5.89 Å². The lowest BCUT2D eigenvalue weighted by molar-refractivity contribution is 0.0937. The minimum atomic E-state index is -0.237. The van der Waals surface area contributed by atoms with E-state index in [0.717, 1.165) is 44.5 Å². The van der Waals surface area contributed by atoms with E-state index in [1.54, 1.807) is 6.33 Å². The average molecular weight is 316 g/mol. The van der Waals surface area contributed by atoms with Crippen molar-refractivity contribution >= 4 is 5.91 Å². The molecule has 2 aliphatic rings. The third-order valence-corrected chi connectivity index (χ3v) is 4.49. The highest BCUT2D eigenvalue weighted by atomic mass is 16.5. The number of carbonyl (C=O) groups is 1. The topological polar surface area (TPSA) is 89.1 Å². The van der Waals surface area contributed by atoms with Gasteiger partial charge in [0, 0.05) is 25.8 Å². The Balaban J connectivity index is 1.46. The summed E-state index contributed by atoms with van der Waals surface area (Å²) in [6, 6.07) is 0.358. The fourth-order valence-corrected chi connectivity index (χ4v) is 2.98. The molecule has 0 unspecified atom stereocenters. The first-order chi connectivity index (χ1) is 11.2. The predicted octanol–water partition coefficient (Wildman–Crippen LogP) is 1.03. The Morgan fingerprint density at radius 1 is 1.43 bits per heavy atom. The third kappa shape index (κ3) is 2.98. The lowest BCUT2D eigenvalue weighted by atomic mass is 10.2. The standard InChI is InChI=1S/C15H20N6O2/c1-20-9-16-7-11(20)8-21-6-2-3-12(21)15-18-13(19-23-15)14(22)17-10-4-5-10/h7,9-10,12H,2-6,8H2,1H3,(H,17,22)/t12-/m0/s1. The van der Waals surface area contributed by atoms with Gasteiger partial charge in [-0.05, 0) is 32.2 Å². The van der Waals surface area contributed by atoms with Crippen LogP contribution >= 0.6 is 0 Å². The number of aryl methyl sites for hydroxylation is 1. The van der Waals surface area contributed by atoms with Crippen LogP contribution in [0.2, 0.25) is 0 Å². The van der Waals surface area contributed by atoms with E-state index in [0.29, 0.717) is 5.89 Å². The van der Waals surface area contributed by atoms with Crippen molar-refractivity contribution in [1.82, 2.24) is 29.9 Å². The molecular formula is C15H20N6O2. The highest BCUT2D eigenvalue weighted by molar-refractivity contribution is 5.90. The summed E-state index contributed by atoms with van der Waals surface area (Å²) in [7, 11) is 1.99. The van der Waals surface area contributed by atoms with Crippen LogP contribution in [-0.4, -0.2) is 43.1 Å². The normalized spacial score (nSPS) is 21.7. The number of carbonyl (C=O) groups excluding carboxylic acids is 1. The number of nitrogens with one attached hydrogen (secondary N) is 1. The van der Waals surface area contributed by atoms with Crippen LogP contribution in [0.15, 0.2) is 17.0 Å². The van der Waals surface area contributed by atoms with Crippen molar-refractivity contribution in [1.29, 1.82) is 0 Å². The minimum absolute atomic E-state index is 0.0693. The summed E-state index contributed by atoms with van der Waals surface area (Å²) in [6.45, 7) is 1.76. The van der Waals surface area contributed by atoms with Gasteiger partial charge in [-0.3, -0.25) is 9.69 Å². The van der Waals surface area contributed by atoms with Crippen molar-refractivity contribution in [2.45, 2.75) is 44.3 Å². The second-order valence-electron chi connectivity index (χ2n) is 6.33. The van der Waals surface area contributed by atoms with Gasteiger partial charge in [0.05, 0.1) is 18.1 Å². The molecule has 1 atom stereocenters. The Labute approximate surface area is 133 Å². The van der Waals surface area contributed by atoms with Crippen LogP contribution < -0.4 is 5.32 Å². The van der Waals surface area contributed by atoms with Gasteiger partial charge in [-0.15, -0.1) is 0 Å². The molecule has 23 heavy (non-hydrogen) atoms. The van der Waals surface area contributed by atoms with Crippen molar-refractivity contribution in [2.75, 3.05) is 6.54 Å². The summed E-state index contributed by atoms with van der Waals surface area (Å²) in [5.41, 5.74) is 1.14. The van der Waals surface area contributed by atoms with E-state index >= 15 is 0 Å². The first kappa shape index (κ1) is 14.4. The molecule has 1 aliphatic carbocycles. The van der Waals surface area contributed by atoms with Crippen LogP contribution in [0.5, 0.6) is 0 Å².